The fourth-order valence-electron chi connectivity index (χ4n) is 2.27. The molecule has 0 unspecified atom stereocenters. The third kappa shape index (κ3) is 5.60. The molecule has 2 aromatic rings. The topological polar surface area (TPSA) is 75.3 Å². The molecule has 0 bridgehead atoms. The molecule has 0 spiro atoms. The predicted octanol–water partition coefficient (Wildman–Crippen LogP) is 3.22. The summed E-state index contributed by atoms with van der Waals surface area (Å²) in [5, 5.41) is 2.49. The van der Waals surface area contributed by atoms with Gasteiger partial charge in [0.1, 0.15) is 0 Å². The summed E-state index contributed by atoms with van der Waals surface area (Å²) in [6.45, 7) is 3.47. The van der Waals surface area contributed by atoms with Crippen molar-refractivity contribution in [3.63, 3.8) is 0 Å². The second-order valence-electron chi connectivity index (χ2n) is 6.10. The Kier molecular flexibility index (Phi) is 6.44. The highest BCUT2D eigenvalue weighted by atomic mass is 32.2. The third-order valence-corrected chi connectivity index (χ3v) is 5.14. The molecule has 2 rings (SSSR count). The predicted molar refractivity (Wildman–Crippen MR) is 95.2 cm³/mol. The van der Waals surface area contributed by atoms with Crippen molar-refractivity contribution in [2.75, 3.05) is 5.32 Å². The number of amides is 1. The number of halogens is 2. The number of carbonyl (C=O) groups is 1. The summed E-state index contributed by atoms with van der Waals surface area (Å²) in [5.41, 5.74) is 0.962. The minimum atomic E-state index is -3.55. The van der Waals surface area contributed by atoms with Crippen molar-refractivity contribution in [1.29, 1.82) is 0 Å². The Hall–Kier alpha value is -2.32. The van der Waals surface area contributed by atoms with Crippen LogP contribution in [0.3, 0.4) is 0 Å². The molecule has 0 radical (unpaired) electrons. The number of hydrogen-bond acceptors (Lipinski definition) is 3. The molecule has 0 heterocycles. The zero-order valence-electron chi connectivity index (χ0n) is 14.4. The van der Waals surface area contributed by atoms with Gasteiger partial charge in [-0.15, -0.1) is 0 Å². The van der Waals surface area contributed by atoms with Crippen LogP contribution >= 0.6 is 0 Å². The zero-order chi connectivity index (χ0) is 19.3. The summed E-state index contributed by atoms with van der Waals surface area (Å²) >= 11 is 0. The van der Waals surface area contributed by atoms with Crippen LogP contribution in [0.15, 0.2) is 47.4 Å². The van der Waals surface area contributed by atoms with Crippen LogP contribution in [-0.4, -0.2) is 20.4 Å². The van der Waals surface area contributed by atoms with Crippen molar-refractivity contribution < 1.29 is 22.0 Å². The lowest BCUT2D eigenvalue weighted by molar-refractivity contribution is -0.116. The van der Waals surface area contributed by atoms with Crippen molar-refractivity contribution in [1.82, 2.24) is 4.72 Å². The summed E-state index contributed by atoms with van der Waals surface area (Å²) in [4.78, 5) is 12.1. The molecule has 5 nitrogen and oxygen atoms in total. The molecule has 0 fully saturated rings. The molecule has 0 saturated carbocycles. The van der Waals surface area contributed by atoms with Crippen LogP contribution in [0.1, 0.15) is 25.8 Å². The molecule has 140 valence electrons. The quantitative estimate of drug-likeness (QED) is 0.772. The second-order valence-corrected chi connectivity index (χ2v) is 7.81. The van der Waals surface area contributed by atoms with Gasteiger partial charge in [0.2, 0.25) is 15.9 Å². The van der Waals surface area contributed by atoms with Gasteiger partial charge >= 0.3 is 0 Å². The van der Waals surface area contributed by atoms with Gasteiger partial charge in [-0.1, -0.05) is 12.1 Å². The van der Waals surface area contributed by atoms with Crippen molar-refractivity contribution in [3.05, 3.63) is 59.7 Å². The Morgan fingerprint density at radius 3 is 2.27 bits per heavy atom. The number of aryl methyl sites for hydroxylation is 1. The summed E-state index contributed by atoms with van der Waals surface area (Å²) in [7, 11) is -3.55. The number of nitrogens with one attached hydrogen (secondary N) is 2. The molecule has 0 atom stereocenters. The van der Waals surface area contributed by atoms with E-state index in [0.717, 1.165) is 17.7 Å². The molecule has 0 aliphatic carbocycles. The molecular formula is C18H20F2N2O3S. The van der Waals surface area contributed by atoms with Crippen LogP contribution < -0.4 is 10.0 Å². The SMILES string of the molecule is CC(C)NS(=O)(=O)c1ccc(CCC(=O)Nc2ccc(F)c(F)c2)cc1. The van der Waals surface area contributed by atoms with E-state index in [-0.39, 0.29) is 29.0 Å². The van der Waals surface area contributed by atoms with Crippen LogP contribution in [0.2, 0.25) is 0 Å². The van der Waals surface area contributed by atoms with Gasteiger partial charge in [-0.25, -0.2) is 21.9 Å². The maximum Gasteiger partial charge on any atom is 0.240 e. The maximum absolute atomic E-state index is 13.1. The normalized spacial score (nSPS) is 11.6. The standard InChI is InChI=1S/C18H20F2N2O3S/c1-12(2)22-26(24,25)15-7-3-13(4-8-15)5-10-18(23)21-14-6-9-16(19)17(20)11-14/h3-4,6-9,11-12,22H,5,10H2,1-2H3,(H,21,23). The van der Waals surface area contributed by atoms with Crippen LogP contribution in [0.4, 0.5) is 14.5 Å². The molecular weight excluding hydrogens is 362 g/mol. The van der Waals surface area contributed by atoms with Gasteiger partial charge in [-0.3, -0.25) is 4.79 Å². The highest BCUT2D eigenvalue weighted by Crippen LogP contribution is 2.15. The average Bonchev–Trinajstić information content (AvgIpc) is 2.55. The Morgan fingerprint density at radius 1 is 1.04 bits per heavy atom. The van der Waals surface area contributed by atoms with E-state index in [1.807, 2.05) is 0 Å². The summed E-state index contributed by atoms with van der Waals surface area (Å²) < 4.78 is 52.5. The summed E-state index contributed by atoms with van der Waals surface area (Å²) in [6, 6.07) is 9.15. The maximum atomic E-state index is 13.1. The molecule has 2 N–H and O–H groups in total. The largest absolute Gasteiger partial charge is 0.326 e. The fraction of sp³-hybridized carbons (Fsp3) is 0.278. The van der Waals surface area contributed by atoms with Gasteiger partial charge in [0.15, 0.2) is 11.6 Å². The average molecular weight is 382 g/mol. The van der Waals surface area contributed by atoms with E-state index in [9.17, 15) is 22.0 Å². The fourth-order valence-corrected chi connectivity index (χ4v) is 3.52. The number of hydrogen-bond donors (Lipinski definition) is 2. The smallest absolute Gasteiger partial charge is 0.240 e. The molecule has 0 saturated heterocycles. The first kappa shape index (κ1) is 20.0. The molecule has 2 aromatic carbocycles. The van der Waals surface area contributed by atoms with Crippen molar-refractivity contribution in [2.24, 2.45) is 0 Å². The van der Waals surface area contributed by atoms with Crippen LogP contribution in [0, 0.1) is 11.6 Å². The molecule has 0 aromatic heterocycles. The number of anilines is 1. The molecule has 0 aliphatic rings. The van der Waals surface area contributed by atoms with E-state index < -0.39 is 21.7 Å². The van der Waals surface area contributed by atoms with Gasteiger partial charge in [0, 0.05) is 24.2 Å². The van der Waals surface area contributed by atoms with E-state index in [0.29, 0.717) is 6.42 Å². The molecule has 0 aliphatic heterocycles. The van der Waals surface area contributed by atoms with E-state index in [4.69, 9.17) is 0 Å². The van der Waals surface area contributed by atoms with E-state index >= 15 is 0 Å². The first-order valence-electron chi connectivity index (χ1n) is 8.03. The number of carbonyl (C=O) groups excluding carboxylic acids is 1. The lowest BCUT2D eigenvalue weighted by atomic mass is 10.1. The first-order valence-corrected chi connectivity index (χ1v) is 9.52. The summed E-state index contributed by atoms with van der Waals surface area (Å²) in [6.07, 6.45) is 0.503. The lowest BCUT2D eigenvalue weighted by Crippen LogP contribution is -2.30. The minimum absolute atomic E-state index is 0.120. The molecule has 1 amide bonds. The van der Waals surface area contributed by atoms with Crippen molar-refractivity contribution in [3.8, 4) is 0 Å². The Balaban J connectivity index is 1.93. The highest BCUT2D eigenvalue weighted by Gasteiger charge is 2.15. The number of sulfonamides is 1. The zero-order valence-corrected chi connectivity index (χ0v) is 15.2. The van der Waals surface area contributed by atoms with Crippen LogP contribution in [0.5, 0.6) is 0 Å². The molecule has 26 heavy (non-hydrogen) atoms. The van der Waals surface area contributed by atoms with E-state index in [1.165, 1.54) is 18.2 Å². The van der Waals surface area contributed by atoms with E-state index in [1.54, 1.807) is 26.0 Å². The van der Waals surface area contributed by atoms with E-state index in [2.05, 4.69) is 10.0 Å². The highest BCUT2D eigenvalue weighted by molar-refractivity contribution is 7.89. The minimum Gasteiger partial charge on any atom is -0.326 e. The van der Waals surface area contributed by atoms with Gasteiger partial charge in [-0.2, -0.15) is 0 Å². The lowest BCUT2D eigenvalue weighted by Gasteiger charge is -2.10. The van der Waals surface area contributed by atoms with Crippen LogP contribution in [-0.2, 0) is 21.2 Å². The van der Waals surface area contributed by atoms with Gasteiger partial charge in [0.25, 0.3) is 0 Å². The Morgan fingerprint density at radius 2 is 1.69 bits per heavy atom. The number of benzene rings is 2. The first-order chi connectivity index (χ1) is 12.2. The van der Waals surface area contributed by atoms with Gasteiger partial charge in [-0.05, 0) is 50.1 Å². The van der Waals surface area contributed by atoms with Gasteiger partial charge in [0.05, 0.1) is 4.90 Å². The van der Waals surface area contributed by atoms with Crippen LogP contribution in [0.25, 0.3) is 0 Å². The summed E-state index contributed by atoms with van der Waals surface area (Å²) in [5.74, 6) is -2.37. The Bertz CT molecular complexity index is 882. The molecule has 8 heteroatoms. The second kappa shape index (κ2) is 8.37. The number of rotatable bonds is 7. The van der Waals surface area contributed by atoms with Crippen molar-refractivity contribution >= 4 is 21.6 Å². The Labute approximate surface area is 151 Å². The van der Waals surface area contributed by atoms with Gasteiger partial charge < -0.3 is 5.32 Å². The van der Waals surface area contributed by atoms with Crippen molar-refractivity contribution in [2.45, 2.75) is 37.6 Å². The monoisotopic (exact) mass is 382 g/mol. The third-order valence-electron chi connectivity index (χ3n) is 3.47.